The number of piperidine rings is 1. The van der Waals surface area contributed by atoms with Crippen LogP contribution >= 0.6 is 0 Å². The molecule has 2 saturated heterocycles. The monoisotopic (exact) mass is 352 g/mol. The van der Waals surface area contributed by atoms with E-state index in [0.29, 0.717) is 22.7 Å². The van der Waals surface area contributed by atoms with E-state index in [4.69, 9.17) is 4.74 Å². The Hall–Kier alpha value is -2.27. The highest BCUT2D eigenvalue weighted by Gasteiger charge is 2.77. The Morgan fingerprint density at radius 2 is 2.35 bits per heavy atom. The quantitative estimate of drug-likeness (QED) is 0.623. The zero-order chi connectivity index (χ0) is 18.1. The number of pyridine rings is 1. The molecule has 3 fully saturated rings. The summed E-state index contributed by atoms with van der Waals surface area (Å²) >= 11 is 0. The Kier molecular flexibility index (Phi) is 3.29. The van der Waals surface area contributed by atoms with Crippen molar-refractivity contribution in [1.82, 2.24) is 9.88 Å². The lowest BCUT2D eigenvalue weighted by atomic mass is 9.82. The van der Waals surface area contributed by atoms with Crippen LogP contribution in [-0.4, -0.2) is 34.0 Å². The van der Waals surface area contributed by atoms with E-state index >= 15 is 0 Å². The van der Waals surface area contributed by atoms with Crippen molar-refractivity contribution in [2.75, 3.05) is 6.54 Å². The number of halogens is 1. The Bertz CT molecular complexity index is 929. The van der Waals surface area contributed by atoms with Gasteiger partial charge < -0.3 is 4.74 Å². The second kappa shape index (κ2) is 5.36. The molecular formula is C21H21FN2O2. The Balaban J connectivity index is 1.55. The summed E-state index contributed by atoms with van der Waals surface area (Å²) < 4.78 is 19.6. The molecule has 3 aliphatic rings. The van der Waals surface area contributed by atoms with E-state index in [0.717, 1.165) is 18.5 Å². The highest BCUT2D eigenvalue weighted by atomic mass is 19.1. The highest BCUT2D eigenvalue weighted by molar-refractivity contribution is 5.83. The number of hydrogen-bond acceptors (Lipinski definition) is 4. The number of carbonyl (C=O) groups is 1. The molecule has 0 bridgehead atoms. The molecule has 1 spiro atoms. The van der Waals surface area contributed by atoms with Crippen molar-refractivity contribution in [2.45, 2.75) is 37.5 Å². The fraction of sp³-hybridized carbons (Fsp3) is 0.429. The number of esters is 1. The molecule has 0 amide bonds. The molecule has 1 aromatic heterocycles. The zero-order valence-corrected chi connectivity index (χ0v) is 14.7. The third-order valence-electron chi connectivity index (χ3n) is 6.64. The van der Waals surface area contributed by atoms with Crippen LogP contribution in [0.2, 0.25) is 0 Å². The smallest absolute Gasteiger partial charge is 0.303 e. The van der Waals surface area contributed by atoms with Gasteiger partial charge in [0.2, 0.25) is 0 Å². The first-order valence-corrected chi connectivity index (χ1v) is 9.17. The first-order chi connectivity index (χ1) is 12.6. The lowest BCUT2D eigenvalue weighted by Gasteiger charge is -2.51. The maximum Gasteiger partial charge on any atom is 0.303 e. The Morgan fingerprint density at radius 3 is 3.08 bits per heavy atom. The maximum atomic E-state index is 13.9. The molecule has 5 rings (SSSR count). The van der Waals surface area contributed by atoms with Gasteiger partial charge in [0.15, 0.2) is 0 Å². The molecule has 3 heterocycles. The van der Waals surface area contributed by atoms with Crippen molar-refractivity contribution >= 4 is 16.9 Å². The number of nitrogens with zero attached hydrogens (tertiary/aromatic N) is 2. The number of aromatic nitrogens is 1. The summed E-state index contributed by atoms with van der Waals surface area (Å²) in [5.41, 5.74) is 1.78. The van der Waals surface area contributed by atoms with Gasteiger partial charge in [-0.1, -0.05) is 6.08 Å². The fourth-order valence-electron chi connectivity index (χ4n) is 5.62. The molecule has 5 unspecified atom stereocenters. The van der Waals surface area contributed by atoms with E-state index in [1.807, 2.05) is 6.07 Å². The maximum absolute atomic E-state index is 13.9. The van der Waals surface area contributed by atoms with E-state index in [-0.39, 0.29) is 23.4 Å². The van der Waals surface area contributed by atoms with Crippen LogP contribution in [0.1, 0.15) is 31.4 Å². The second-order valence-electron chi connectivity index (χ2n) is 7.70. The van der Waals surface area contributed by atoms with E-state index < -0.39 is 6.10 Å². The summed E-state index contributed by atoms with van der Waals surface area (Å²) in [7, 11) is 0. The number of benzene rings is 1. The summed E-state index contributed by atoms with van der Waals surface area (Å²) in [6.45, 7) is 6.44. The van der Waals surface area contributed by atoms with Gasteiger partial charge >= 0.3 is 5.97 Å². The van der Waals surface area contributed by atoms with Crippen molar-refractivity contribution in [2.24, 2.45) is 11.8 Å². The highest BCUT2D eigenvalue weighted by Crippen LogP contribution is 2.71. The molecule has 134 valence electrons. The summed E-state index contributed by atoms with van der Waals surface area (Å²) in [6, 6.07) is 6.54. The SMILES string of the molecule is C=CC1C2CCN3C(C(OC(C)=O)c4ccnc5ccc(F)cc45)CC123. The summed E-state index contributed by atoms with van der Waals surface area (Å²) in [4.78, 5) is 18.6. The minimum absolute atomic E-state index is 0.128. The lowest BCUT2D eigenvalue weighted by molar-refractivity contribution is -0.158. The average Bonchev–Trinajstić information content (AvgIpc) is 3.17. The van der Waals surface area contributed by atoms with Gasteiger partial charge in [0.05, 0.1) is 11.6 Å². The van der Waals surface area contributed by atoms with Crippen molar-refractivity contribution < 1.29 is 13.9 Å². The largest absolute Gasteiger partial charge is 0.456 e. The third kappa shape index (κ3) is 1.98. The molecule has 5 atom stereocenters. The molecule has 26 heavy (non-hydrogen) atoms. The summed E-state index contributed by atoms with van der Waals surface area (Å²) in [5, 5.41) is 0.714. The lowest BCUT2D eigenvalue weighted by Crippen LogP contribution is -2.60. The van der Waals surface area contributed by atoms with Gasteiger partial charge in [-0.3, -0.25) is 14.7 Å². The van der Waals surface area contributed by atoms with E-state index in [2.05, 4.69) is 22.5 Å². The first-order valence-electron chi connectivity index (χ1n) is 9.17. The van der Waals surface area contributed by atoms with Gasteiger partial charge in [-0.15, -0.1) is 6.58 Å². The molecular weight excluding hydrogens is 331 g/mol. The topological polar surface area (TPSA) is 42.4 Å². The van der Waals surface area contributed by atoms with Crippen LogP contribution in [0, 0.1) is 17.7 Å². The Morgan fingerprint density at radius 1 is 1.50 bits per heavy atom. The van der Waals surface area contributed by atoms with Gasteiger partial charge in [-0.25, -0.2) is 4.39 Å². The fourth-order valence-corrected chi connectivity index (χ4v) is 5.62. The van der Waals surface area contributed by atoms with E-state index in [1.54, 1.807) is 12.3 Å². The van der Waals surface area contributed by atoms with Crippen LogP contribution in [0.15, 0.2) is 43.1 Å². The van der Waals surface area contributed by atoms with E-state index in [1.165, 1.54) is 25.5 Å². The number of rotatable bonds is 4. The molecule has 4 nitrogen and oxygen atoms in total. The number of ether oxygens (including phenoxy) is 1. The van der Waals surface area contributed by atoms with Crippen molar-refractivity contribution in [3.8, 4) is 0 Å². The Labute approximate surface area is 151 Å². The molecule has 5 heteroatoms. The molecule has 2 aliphatic heterocycles. The normalized spacial score (nSPS) is 33.1. The van der Waals surface area contributed by atoms with Crippen molar-refractivity contribution in [3.05, 3.63) is 54.5 Å². The minimum Gasteiger partial charge on any atom is -0.456 e. The van der Waals surface area contributed by atoms with Gasteiger partial charge in [-0.05, 0) is 55.5 Å². The standard InChI is InChI=1S/C21H21FN2O2/c1-3-16-17-7-9-24-19(11-21(16,17)24)20(26-12(2)25)14-6-8-23-18-5-4-13(22)10-15(14)18/h3-6,8,10,16-17,19-20H,1,7,9,11H2,2H3. The first kappa shape index (κ1) is 15.9. The molecule has 0 radical (unpaired) electrons. The molecule has 1 aromatic carbocycles. The van der Waals surface area contributed by atoms with Gasteiger partial charge in [0.1, 0.15) is 11.9 Å². The zero-order valence-electron chi connectivity index (χ0n) is 14.7. The van der Waals surface area contributed by atoms with Gasteiger partial charge in [0.25, 0.3) is 0 Å². The van der Waals surface area contributed by atoms with Crippen LogP contribution in [0.5, 0.6) is 0 Å². The molecule has 1 saturated carbocycles. The minimum atomic E-state index is -0.407. The average molecular weight is 352 g/mol. The predicted octanol–water partition coefficient (Wildman–Crippen LogP) is 3.63. The number of hydrogen-bond donors (Lipinski definition) is 0. The number of carbonyl (C=O) groups excluding carboxylic acids is 1. The van der Waals surface area contributed by atoms with Gasteiger partial charge in [-0.2, -0.15) is 0 Å². The summed E-state index contributed by atoms with van der Waals surface area (Å²) in [5.74, 6) is 0.621. The number of fused-ring (bicyclic) bond motifs is 1. The van der Waals surface area contributed by atoms with Crippen molar-refractivity contribution in [3.63, 3.8) is 0 Å². The second-order valence-corrected chi connectivity index (χ2v) is 7.70. The van der Waals surface area contributed by atoms with Gasteiger partial charge in [0, 0.05) is 29.6 Å². The molecule has 1 aliphatic carbocycles. The van der Waals surface area contributed by atoms with E-state index in [9.17, 15) is 9.18 Å². The van der Waals surface area contributed by atoms with Crippen LogP contribution in [0.25, 0.3) is 10.9 Å². The molecule has 0 N–H and O–H groups in total. The van der Waals surface area contributed by atoms with Crippen LogP contribution in [0.3, 0.4) is 0 Å². The van der Waals surface area contributed by atoms with Crippen molar-refractivity contribution in [1.29, 1.82) is 0 Å². The van der Waals surface area contributed by atoms with Crippen LogP contribution in [0.4, 0.5) is 4.39 Å². The third-order valence-corrected chi connectivity index (χ3v) is 6.64. The van der Waals surface area contributed by atoms with Crippen LogP contribution in [-0.2, 0) is 9.53 Å². The predicted molar refractivity (Wildman–Crippen MR) is 95.8 cm³/mol. The molecule has 2 aromatic rings. The van der Waals surface area contributed by atoms with Crippen LogP contribution < -0.4 is 0 Å². The summed E-state index contributed by atoms with van der Waals surface area (Å²) in [6.07, 6.45) is 5.54.